The van der Waals surface area contributed by atoms with Gasteiger partial charge in [0.05, 0.1) is 13.2 Å². The molecule has 0 aromatic carbocycles. The first-order valence-electron chi connectivity index (χ1n) is 5.94. The SMILES string of the molecule is C=CCOCc1cc(C)c(CNC(C)(C)C)o1. The van der Waals surface area contributed by atoms with E-state index in [4.69, 9.17) is 9.15 Å². The van der Waals surface area contributed by atoms with Crippen LogP contribution in [0.3, 0.4) is 0 Å². The largest absolute Gasteiger partial charge is 0.462 e. The van der Waals surface area contributed by atoms with E-state index in [0.717, 1.165) is 18.1 Å². The van der Waals surface area contributed by atoms with Gasteiger partial charge in [-0.25, -0.2) is 0 Å². The molecule has 1 heterocycles. The van der Waals surface area contributed by atoms with Gasteiger partial charge >= 0.3 is 0 Å². The topological polar surface area (TPSA) is 34.4 Å². The molecule has 0 aliphatic rings. The third-order valence-electron chi connectivity index (χ3n) is 2.33. The zero-order valence-corrected chi connectivity index (χ0v) is 11.3. The normalized spacial score (nSPS) is 11.8. The summed E-state index contributed by atoms with van der Waals surface area (Å²) in [5, 5.41) is 3.41. The van der Waals surface area contributed by atoms with Gasteiger partial charge in [0.25, 0.3) is 0 Å². The van der Waals surface area contributed by atoms with Gasteiger partial charge in [-0.2, -0.15) is 0 Å². The molecule has 0 spiro atoms. The zero-order valence-electron chi connectivity index (χ0n) is 11.3. The Kier molecular flexibility index (Phi) is 4.97. The quantitative estimate of drug-likeness (QED) is 0.609. The summed E-state index contributed by atoms with van der Waals surface area (Å²) in [5.41, 5.74) is 1.26. The summed E-state index contributed by atoms with van der Waals surface area (Å²) in [6, 6.07) is 2.03. The van der Waals surface area contributed by atoms with Crippen LogP contribution < -0.4 is 5.32 Å². The highest BCUT2D eigenvalue weighted by molar-refractivity contribution is 5.19. The van der Waals surface area contributed by atoms with Crippen molar-refractivity contribution in [1.82, 2.24) is 5.32 Å². The summed E-state index contributed by atoms with van der Waals surface area (Å²) in [7, 11) is 0. The Hall–Kier alpha value is -1.06. The number of nitrogens with one attached hydrogen (secondary N) is 1. The van der Waals surface area contributed by atoms with Crippen LogP contribution >= 0.6 is 0 Å². The van der Waals surface area contributed by atoms with Gasteiger partial charge in [-0.3, -0.25) is 0 Å². The molecular formula is C14H23NO2. The van der Waals surface area contributed by atoms with Gasteiger partial charge in [0.2, 0.25) is 0 Å². The van der Waals surface area contributed by atoms with Gasteiger partial charge in [0.1, 0.15) is 18.1 Å². The van der Waals surface area contributed by atoms with Crippen molar-refractivity contribution in [3.05, 3.63) is 35.8 Å². The molecular weight excluding hydrogens is 214 g/mol. The fourth-order valence-corrected chi connectivity index (χ4v) is 1.43. The van der Waals surface area contributed by atoms with E-state index in [1.165, 1.54) is 5.56 Å². The molecule has 0 saturated carbocycles. The maximum absolute atomic E-state index is 5.73. The highest BCUT2D eigenvalue weighted by Gasteiger charge is 2.12. The Morgan fingerprint density at radius 1 is 1.47 bits per heavy atom. The Morgan fingerprint density at radius 3 is 2.76 bits per heavy atom. The van der Waals surface area contributed by atoms with E-state index in [9.17, 15) is 0 Å². The minimum atomic E-state index is 0.0960. The van der Waals surface area contributed by atoms with Crippen molar-refractivity contribution in [1.29, 1.82) is 0 Å². The minimum Gasteiger partial charge on any atom is -0.462 e. The van der Waals surface area contributed by atoms with Crippen LogP contribution in [0, 0.1) is 6.92 Å². The molecule has 0 bridgehead atoms. The second-order valence-corrected chi connectivity index (χ2v) is 5.23. The summed E-state index contributed by atoms with van der Waals surface area (Å²) in [6.07, 6.45) is 1.73. The highest BCUT2D eigenvalue weighted by atomic mass is 16.5. The summed E-state index contributed by atoms with van der Waals surface area (Å²) in [5.74, 6) is 1.85. The first-order chi connectivity index (χ1) is 7.92. The van der Waals surface area contributed by atoms with Crippen LogP contribution in [-0.2, 0) is 17.9 Å². The number of hydrogen-bond acceptors (Lipinski definition) is 3. The highest BCUT2D eigenvalue weighted by Crippen LogP contribution is 2.16. The maximum atomic E-state index is 5.73. The van der Waals surface area contributed by atoms with E-state index in [0.29, 0.717) is 13.2 Å². The molecule has 1 aromatic heterocycles. The van der Waals surface area contributed by atoms with Crippen LogP contribution in [0.15, 0.2) is 23.1 Å². The van der Waals surface area contributed by atoms with E-state index < -0.39 is 0 Å². The number of furan rings is 1. The molecule has 0 fully saturated rings. The molecule has 1 rings (SSSR count). The standard InChI is InChI=1S/C14H23NO2/c1-6-7-16-10-12-8-11(2)13(17-12)9-15-14(3,4)5/h6,8,15H,1,7,9-10H2,2-5H3. The molecule has 0 radical (unpaired) electrons. The van der Waals surface area contributed by atoms with E-state index in [-0.39, 0.29) is 5.54 Å². The Bertz CT molecular complexity index is 361. The van der Waals surface area contributed by atoms with Gasteiger partial charge in [-0.15, -0.1) is 6.58 Å². The Labute approximate surface area is 104 Å². The van der Waals surface area contributed by atoms with Crippen molar-refractivity contribution < 1.29 is 9.15 Å². The molecule has 3 heteroatoms. The van der Waals surface area contributed by atoms with Crippen LogP contribution in [0.25, 0.3) is 0 Å². The Morgan fingerprint density at radius 2 is 2.18 bits per heavy atom. The first-order valence-corrected chi connectivity index (χ1v) is 5.94. The Balaban J connectivity index is 2.53. The van der Waals surface area contributed by atoms with E-state index in [1.807, 2.05) is 6.07 Å². The van der Waals surface area contributed by atoms with Gasteiger partial charge in [-0.1, -0.05) is 6.08 Å². The van der Waals surface area contributed by atoms with Crippen molar-refractivity contribution in [3.63, 3.8) is 0 Å². The van der Waals surface area contributed by atoms with Crippen LogP contribution in [-0.4, -0.2) is 12.1 Å². The molecule has 96 valence electrons. The lowest BCUT2D eigenvalue weighted by atomic mass is 10.1. The number of rotatable bonds is 6. The smallest absolute Gasteiger partial charge is 0.130 e. The van der Waals surface area contributed by atoms with Gasteiger partial charge < -0.3 is 14.5 Å². The van der Waals surface area contributed by atoms with Crippen molar-refractivity contribution in [3.8, 4) is 0 Å². The van der Waals surface area contributed by atoms with Crippen molar-refractivity contribution >= 4 is 0 Å². The monoisotopic (exact) mass is 237 g/mol. The third kappa shape index (κ3) is 5.20. The summed E-state index contributed by atoms with van der Waals surface area (Å²) in [6.45, 7) is 13.9. The van der Waals surface area contributed by atoms with Crippen LogP contribution in [0.2, 0.25) is 0 Å². The van der Waals surface area contributed by atoms with Gasteiger partial charge in [-0.05, 0) is 39.3 Å². The average Bonchev–Trinajstić information content (AvgIpc) is 2.56. The van der Waals surface area contributed by atoms with Crippen LogP contribution in [0.4, 0.5) is 0 Å². The van der Waals surface area contributed by atoms with Crippen molar-refractivity contribution in [2.24, 2.45) is 0 Å². The molecule has 0 amide bonds. The zero-order chi connectivity index (χ0) is 12.9. The second kappa shape index (κ2) is 6.03. The first kappa shape index (κ1) is 14.0. The van der Waals surface area contributed by atoms with Crippen molar-refractivity contribution in [2.45, 2.75) is 46.4 Å². The molecule has 0 aliphatic carbocycles. The fourth-order valence-electron chi connectivity index (χ4n) is 1.43. The molecule has 3 nitrogen and oxygen atoms in total. The number of ether oxygens (including phenoxy) is 1. The molecule has 1 N–H and O–H groups in total. The molecule has 0 aliphatic heterocycles. The van der Waals surface area contributed by atoms with E-state index >= 15 is 0 Å². The maximum Gasteiger partial charge on any atom is 0.130 e. The summed E-state index contributed by atoms with van der Waals surface area (Å²) in [4.78, 5) is 0. The fraction of sp³-hybridized carbons (Fsp3) is 0.571. The lowest BCUT2D eigenvalue weighted by molar-refractivity contribution is 0.130. The van der Waals surface area contributed by atoms with Gasteiger partial charge in [0, 0.05) is 5.54 Å². The third-order valence-corrected chi connectivity index (χ3v) is 2.33. The van der Waals surface area contributed by atoms with Crippen LogP contribution in [0.1, 0.15) is 37.9 Å². The van der Waals surface area contributed by atoms with Gasteiger partial charge in [0.15, 0.2) is 0 Å². The van der Waals surface area contributed by atoms with Crippen LogP contribution in [0.5, 0.6) is 0 Å². The number of hydrogen-bond donors (Lipinski definition) is 1. The minimum absolute atomic E-state index is 0.0960. The molecule has 0 saturated heterocycles. The summed E-state index contributed by atoms with van der Waals surface area (Å²) >= 11 is 0. The average molecular weight is 237 g/mol. The molecule has 1 aromatic rings. The van der Waals surface area contributed by atoms with Crippen molar-refractivity contribution in [2.75, 3.05) is 6.61 Å². The predicted molar refractivity (Wildman–Crippen MR) is 69.9 cm³/mol. The lowest BCUT2D eigenvalue weighted by Crippen LogP contribution is -2.35. The summed E-state index contributed by atoms with van der Waals surface area (Å²) < 4.78 is 11.1. The lowest BCUT2D eigenvalue weighted by Gasteiger charge is -2.19. The molecule has 17 heavy (non-hydrogen) atoms. The molecule has 0 atom stereocenters. The van der Waals surface area contributed by atoms with E-state index in [2.05, 4.69) is 39.6 Å². The van der Waals surface area contributed by atoms with E-state index in [1.54, 1.807) is 6.08 Å². The predicted octanol–water partition coefficient (Wildman–Crippen LogP) is 3.18. The number of aryl methyl sites for hydroxylation is 1. The molecule has 0 unspecified atom stereocenters. The second-order valence-electron chi connectivity index (χ2n) is 5.23.